The highest BCUT2D eigenvalue weighted by molar-refractivity contribution is 7.60. The van der Waals surface area contributed by atoms with Crippen molar-refractivity contribution in [2.45, 2.75) is 0 Å². The van der Waals surface area contributed by atoms with E-state index in [0.29, 0.717) is 0 Å². The first-order valence-corrected chi connectivity index (χ1v) is 6.38. The quantitative estimate of drug-likeness (QED) is 0.270. The maximum Gasteiger partial charge on any atom is 0.478 e. The Kier molecular flexibility index (Phi) is 8.23. The summed E-state index contributed by atoms with van der Waals surface area (Å²) in [7, 11) is -10.1. The SMILES string of the molecule is C=CC=CC(=O)O.O=P(O)(O)OP(=O)(O)O. The monoisotopic (exact) mass is 276 g/mol. The molecule has 0 aliphatic carbocycles. The average Bonchev–Trinajstić information content (AvgIpc) is 1.94. The molecule has 0 aromatic carbocycles. The number of carboxylic acids is 1. The first-order chi connectivity index (χ1) is 6.98. The summed E-state index contributed by atoms with van der Waals surface area (Å²) < 4.78 is 22.2. The fourth-order valence-corrected chi connectivity index (χ4v) is 1.40. The van der Waals surface area contributed by atoms with E-state index >= 15 is 0 Å². The van der Waals surface area contributed by atoms with Crippen LogP contribution in [0.4, 0.5) is 0 Å². The van der Waals surface area contributed by atoms with Crippen molar-refractivity contribution in [3.8, 4) is 0 Å². The van der Waals surface area contributed by atoms with Gasteiger partial charge >= 0.3 is 21.6 Å². The number of allylic oxidation sites excluding steroid dienone is 2. The third kappa shape index (κ3) is 23.2. The van der Waals surface area contributed by atoms with Crippen molar-refractivity contribution in [1.29, 1.82) is 0 Å². The van der Waals surface area contributed by atoms with Gasteiger partial charge in [-0.05, 0) is 0 Å². The van der Waals surface area contributed by atoms with Crippen molar-refractivity contribution in [3.05, 3.63) is 24.8 Å². The molecule has 0 rings (SSSR count). The van der Waals surface area contributed by atoms with E-state index in [-0.39, 0.29) is 0 Å². The molecule has 5 N–H and O–H groups in total. The molecule has 0 saturated heterocycles. The zero-order chi connectivity index (χ0) is 13.4. The molecule has 0 bridgehead atoms. The molecule has 0 spiro atoms. The Morgan fingerprint density at radius 2 is 1.50 bits per heavy atom. The summed E-state index contributed by atoms with van der Waals surface area (Å²) in [6.07, 6.45) is 3.80. The molecule has 0 fully saturated rings. The molecule has 0 unspecified atom stereocenters. The van der Waals surface area contributed by atoms with Crippen LogP contribution in [-0.2, 0) is 18.2 Å². The number of carboxylic acid groups (broad SMARTS) is 1. The highest BCUT2D eigenvalue weighted by atomic mass is 31.3. The van der Waals surface area contributed by atoms with Crippen LogP contribution >= 0.6 is 15.6 Å². The highest BCUT2D eigenvalue weighted by Crippen LogP contribution is 2.53. The van der Waals surface area contributed by atoms with Crippen LogP contribution in [0.25, 0.3) is 0 Å². The van der Waals surface area contributed by atoms with Crippen LogP contribution in [0.1, 0.15) is 0 Å². The van der Waals surface area contributed by atoms with Crippen molar-refractivity contribution in [2.75, 3.05) is 0 Å². The van der Waals surface area contributed by atoms with Gasteiger partial charge in [0.1, 0.15) is 0 Å². The minimum absolute atomic E-state index is 0.945. The van der Waals surface area contributed by atoms with E-state index in [1.807, 2.05) is 0 Å². The number of phosphoric acid groups is 2. The molecule has 0 radical (unpaired) electrons. The van der Waals surface area contributed by atoms with Crippen LogP contribution < -0.4 is 0 Å². The van der Waals surface area contributed by atoms with Gasteiger partial charge in [0, 0.05) is 6.08 Å². The number of aliphatic carboxylic acids is 1. The van der Waals surface area contributed by atoms with Gasteiger partial charge < -0.3 is 24.7 Å². The van der Waals surface area contributed by atoms with Gasteiger partial charge in [0.25, 0.3) is 0 Å². The molecule has 0 aromatic rings. The van der Waals surface area contributed by atoms with Crippen molar-refractivity contribution in [1.82, 2.24) is 0 Å². The summed E-state index contributed by atoms with van der Waals surface area (Å²) in [5.41, 5.74) is 0. The fourth-order valence-electron chi connectivity index (χ4n) is 0.289. The van der Waals surface area contributed by atoms with E-state index < -0.39 is 21.6 Å². The molecule has 0 amide bonds. The third-order valence-electron chi connectivity index (χ3n) is 0.588. The predicted octanol–water partition coefficient (Wildman–Crippen LogP) is 0.00160. The molecule has 0 atom stereocenters. The van der Waals surface area contributed by atoms with Crippen LogP contribution in [-0.4, -0.2) is 30.6 Å². The van der Waals surface area contributed by atoms with Gasteiger partial charge in [0.05, 0.1) is 0 Å². The van der Waals surface area contributed by atoms with Gasteiger partial charge in [-0.15, -0.1) is 0 Å². The molecule has 94 valence electrons. The lowest BCUT2D eigenvalue weighted by atomic mass is 10.5. The molecule has 16 heavy (non-hydrogen) atoms. The fraction of sp³-hybridized carbons (Fsp3) is 0. The van der Waals surface area contributed by atoms with E-state index in [1.165, 1.54) is 12.2 Å². The van der Waals surface area contributed by atoms with Gasteiger partial charge in [0.2, 0.25) is 0 Å². The normalized spacial score (nSPS) is 11.8. The van der Waals surface area contributed by atoms with E-state index in [2.05, 4.69) is 10.9 Å². The Morgan fingerprint density at radius 1 is 1.12 bits per heavy atom. The standard InChI is InChI=1S/C5H6O2.H4O7P2/c1-2-3-4-5(6)7;1-8(2,3)7-9(4,5)6/h2-4H,1H2,(H,6,7);(H2,1,2,3)(H2,4,5,6). The van der Waals surface area contributed by atoms with E-state index in [4.69, 9.17) is 24.7 Å². The zero-order valence-corrected chi connectivity index (χ0v) is 9.49. The van der Waals surface area contributed by atoms with Crippen LogP contribution in [0.5, 0.6) is 0 Å². The molecule has 11 heteroatoms. The van der Waals surface area contributed by atoms with Gasteiger partial charge in [0.15, 0.2) is 0 Å². The van der Waals surface area contributed by atoms with Crippen molar-refractivity contribution < 1.29 is 42.9 Å². The molecule has 0 aliphatic heterocycles. The first-order valence-electron chi connectivity index (χ1n) is 3.32. The summed E-state index contributed by atoms with van der Waals surface area (Å²) in [4.78, 5) is 40.6. The Hall–Kier alpha value is -0.790. The minimum Gasteiger partial charge on any atom is -0.478 e. The van der Waals surface area contributed by atoms with Crippen LogP contribution in [0.3, 0.4) is 0 Å². The largest absolute Gasteiger partial charge is 0.478 e. The Morgan fingerprint density at radius 3 is 1.56 bits per heavy atom. The molecule has 0 aliphatic rings. The predicted molar refractivity (Wildman–Crippen MR) is 52.1 cm³/mol. The van der Waals surface area contributed by atoms with Gasteiger partial charge in [-0.3, -0.25) is 0 Å². The number of carbonyl (C=O) groups is 1. The van der Waals surface area contributed by atoms with E-state index in [0.717, 1.165) is 6.08 Å². The van der Waals surface area contributed by atoms with Crippen molar-refractivity contribution in [3.63, 3.8) is 0 Å². The maximum absolute atomic E-state index is 9.63. The average molecular weight is 276 g/mol. The first kappa shape index (κ1) is 17.6. The summed E-state index contributed by atoms with van der Waals surface area (Å²) in [6, 6.07) is 0. The summed E-state index contributed by atoms with van der Waals surface area (Å²) in [6.45, 7) is 3.28. The topological polar surface area (TPSA) is 162 Å². The lowest BCUT2D eigenvalue weighted by molar-refractivity contribution is -0.131. The van der Waals surface area contributed by atoms with E-state index in [1.54, 1.807) is 0 Å². The van der Waals surface area contributed by atoms with Gasteiger partial charge in [-0.1, -0.05) is 18.7 Å². The lowest BCUT2D eigenvalue weighted by Gasteiger charge is -2.03. The highest BCUT2D eigenvalue weighted by Gasteiger charge is 2.27. The summed E-state index contributed by atoms with van der Waals surface area (Å²) in [5, 5.41) is 7.91. The van der Waals surface area contributed by atoms with Gasteiger partial charge in [-0.25, -0.2) is 13.9 Å². The number of hydrogen-bond donors (Lipinski definition) is 5. The Balaban J connectivity index is 0. The minimum atomic E-state index is -5.05. The van der Waals surface area contributed by atoms with Crippen molar-refractivity contribution >= 4 is 21.6 Å². The van der Waals surface area contributed by atoms with Gasteiger partial charge in [-0.2, -0.15) is 4.31 Å². The molecule has 0 aromatic heterocycles. The zero-order valence-electron chi connectivity index (χ0n) is 7.70. The molecule has 0 heterocycles. The summed E-state index contributed by atoms with van der Waals surface area (Å²) >= 11 is 0. The van der Waals surface area contributed by atoms with Crippen molar-refractivity contribution in [2.24, 2.45) is 0 Å². The second-order valence-electron chi connectivity index (χ2n) is 2.00. The van der Waals surface area contributed by atoms with Crippen LogP contribution in [0.15, 0.2) is 24.8 Å². The Bertz CT molecular complexity index is 327. The van der Waals surface area contributed by atoms with E-state index in [9.17, 15) is 13.9 Å². The second-order valence-corrected chi connectivity index (χ2v) is 4.61. The van der Waals surface area contributed by atoms with Crippen LogP contribution in [0.2, 0.25) is 0 Å². The summed E-state index contributed by atoms with van der Waals surface area (Å²) in [5.74, 6) is -0.945. The Labute approximate surface area is 90.2 Å². The molecular weight excluding hydrogens is 266 g/mol. The second kappa shape index (κ2) is 7.48. The maximum atomic E-state index is 9.63. The lowest BCUT2D eigenvalue weighted by Crippen LogP contribution is -1.84. The number of hydrogen-bond acceptors (Lipinski definition) is 4. The smallest absolute Gasteiger partial charge is 0.478 e. The molecule has 9 nitrogen and oxygen atoms in total. The number of rotatable bonds is 4. The van der Waals surface area contributed by atoms with Crippen LogP contribution in [0, 0.1) is 0 Å². The molecule has 0 saturated carbocycles. The molecular formula is C5H10O9P2. The third-order valence-corrected chi connectivity index (χ3v) is 2.29.